The number of carboxylic acid groups (broad SMARTS) is 1. The van der Waals surface area contributed by atoms with Crippen molar-refractivity contribution in [1.29, 1.82) is 0 Å². The van der Waals surface area contributed by atoms with E-state index >= 15 is 0 Å². The van der Waals surface area contributed by atoms with Crippen molar-refractivity contribution >= 4 is 5.97 Å². The van der Waals surface area contributed by atoms with Crippen LogP contribution in [0.3, 0.4) is 0 Å². The number of aromatic carboxylic acids is 1. The van der Waals surface area contributed by atoms with Crippen molar-refractivity contribution in [3.8, 4) is 11.4 Å². The van der Waals surface area contributed by atoms with Crippen molar-refractivity contribution < 1.29 is 9.90 Å². The molecule has 0 aliphatic heterocycles. The minimum Gasteiger partial charge on any atom is -0.478 e. The molecule has 2 aromatic rings. The largest absolute Gasteiger partial charge is 0.478 e. The number of carboxylic acids is 1. The third kappa shape index (κ3) is 1.88. The van der Waals surface area contributed by atoms with E-state index in [9.17, 15) is 4.79 Å². The molecule has 4 heteroatoms. The summed E-state index contributed by atoms with van der Waals surface area (Å²) in [7, 11) is 0. The molecule has 0 unspecified atom stereocenters. The number of rotatable bonds is 2. The van der Waals surface area contributed by atoms with Crippen molar-refractivity contribution in [3.05, 3.63) is 41.7 Å². The zero-order valence-electron chi connectivity index (χ0n) is 8.19. The van der Waals surface area contributed by atoms with Gasteiger partial charge in [0.1, 0.15) is 5.82 Å². The number of benzene rings is 1. The van der Waals surface area contributed by atoms with E-state index in [0.29, 0.717) is 0 Å². The van der Waals surface area contributed by atoms with Gasteiger partial charge in [0, 0.05) is 17.5 Å². The van der Waals surface area contributed by atoms with Gasteiger partial charge in [0.25, 0.3) is 0 Å². The normalized spacial score (nSPS) is 10.2. The van der Waals surface area contributed by atoms with Crippen LogP contribution in [0.1, 0.15) is 16.1 Å². The van der Waals surface area contributed by atoms with Crippen LogP contribution in [-0.2, 0) is 0 Å². The van der Waals surface area contributed by atoms with Crippen molar-refractivity contribution in [2.24, 2.45) is 0 Å². The summed E-state index contributed by atoms with van der Waals surface area (Å²) in [4.78, 5) is 17.9. The van der Waals surface area contributed by atoms with Crippen molar-refractivity contribution in [3.63, 3.8) is 0 Å². The average molecular weight is 202 g/mol. The lowest BCUT2D eigenvalue weighted by molar-refractivity contribution is 0.0697. The highest BCUT2D eigenvalue weighted by atomic mass is 16.4. The second-order valence-electron chi connectivity index (χ2n) is 3.30. The maximum atomic E-state index is 10.6. The Bertz CT molecular complexity index is 486. The Labute approximate surface area is 86.6 Å². The first kappa shape index (κ1) is 9.45. The van der Waals surface area contributed by atoms with E-state index in [0.717, 1.165) is 17.1 Å². The number of hydrogen-bond donors (Lipinski definition) is 2. The summed E-state index contributed by atoms with van der Waals surface area (Å²) in [5.74, 6) is -0.165. The number of aromatic amines is 1. The first-order chi connectivity index (χ1) is 7.16. The second kappa shape index (κ2) is 3.57. The number of carbonyl (C=O) groups is 1. The van der Waals surface area contributed by atoms with Gasteiger partial charge in [-0.15, -0.1) is 0 Å². The molecular formula is C11H10N2O2. The fourth-order valence-corrected chi connectivity index (χ4v) is 1.33. The van der Waals surface area contributed by atoms with Gasteiger partial charge < -0.3 is 10.1 Å². The Morgan fingerprint density at radius 3 is 2.47 bits per heavy atom. The van der Waals surface area contributed by atoms with Gasteiger partial charge in [0.05, 0.1) is 5.56 Å². The molecule has 4 nitrogen and oxygen atoms in total. The summed E-state index contributed by atoms with van der Waals surface area (Å²) >= 11 is 0. The highest BCUT2D eigenvalue weighted by Crippen LogP contribution is 2.16. The molecule has 2 rings (SSSR count). The lowest BCUT2D eigenvalue weighted by Crippen LogP contribution is -1.95. The molecule has 1 heterocycles. The highest BCUT2D eigenvalue weighted by molar-refractivity contribution is 5.88. The third-order valence-electron chi connectivity index (χ3n) is 2.11. The van der Waals surface area contributed by atoms with Gasteiger partial charge >= 0.3 is 5.97 Å². The summed E-state index contributed by atoms with van der Waals surface area (Å²) in [6, 6.07) is 6.61. The number of imidazole rings is 1. The predicted molar refractivity (Wildman–Crippen MR) is 55.7 cm³/mol. The van der Waals surface area contributed by atoms with Crippen LogP contribution in [0.4, 0.5) is 0 Å². The van der Waals surface area contributed by atoms with Gasteiger partial charge in [0.15, 0.2) is 0 Å². The molecule has 0 saturated heterocycles. The van der Waals surface area contributed by atoms with Gasteiger partial charge in [-0.25, -0.2) is 9.78 Å². The number of aryl methyl sites for hydroxylation is 1. The zero-order chi connectivity index (χ0) is 10.8. The van der Waals surface area contributed by atoms with Gasteiger partial charge in [-0.2, -0.15) is 0 Å². The first-order valence-electron chi connectivity index (χ1n) is 4.52. The van der Waals surface area contributed by atoms with E-state index in [1.165, 1.54) is 0 Å². The van der Waals surface area contributed by atoms with Crippen LogP contribution in [0, 0.1) is 6.92 Å². The molecule has 0 atom stereocenters. The minimum atomic E-state index is -0.919. The lowest BCUT2D eigenvalue weighted by Gasteiger charge is -1.97. The Balaban J connectivity index is 2.35. The van der Waals surface area contributed by atoms with E-state index in [1.54, 1.807) is 30.5 Å². The quantitative estimate of drug-likeness (QED) is 0.783. The Kier molecular flexibility index (Phi) is 2.25. The van der Waals surface area contributed by atoms with Gasteiger partial charge in [-0.3, -0.25) is 0 Å². The number of hydrogen-bond acceptors (Lipinski definition) is 2. The van der Waals surface area contributed by atoms with E-state index < -0.39 is 5.97 Å². The van der Waals surface area contributed by atoms with E-state index in [1.807, 2.05) is 6.92 Å². The Hall–Kier alpha value is -2.10. The monoisotopic (exact) mass is 202 g/mol. The minimum absolute atomic E-state index is 0.280. The molecule has 0 saturated carbocycles. The third-order valence-corrected chi connectivity index (χ3v) is 2.11. The van der Waals surface area contributed by atoms with E-state index in [4.69, 9.17) is 5.11 Å². The first-order valence-corrected chi connectivity index (χ1v) is 4.52. The van der Waals surface area contributed by atoms with Crippen LogP contribution in [0.5, 0.6) is 0 Å². The summed E-state index contributed by atoms with van der Waals surface area (Å²) in [6.07, 6.45) is 1.74. The maximum absolute atomic E-state index is 10.6. The van der Waals surface area contributed by atoms with Crippen LogP contribution >= 0.6 is 0 Å². The fourth-order valence-electron chi connectivity index (χ4n) is 1.33. The van der Waals surface area contributed by atoms with Crippen molar-refractivity contribution in [2.75, 3.05) is 0 Å². The molecule has 0 aliphatic rings. The van der Waals surface area contributed by atoms with Crippen molar-refractivity contribution in [2.45, 2.75) is 6.92 Å². The maximum Gasteiger partial charge on any atom is 0.335 e. The molecule has 0 bridgehead atoms. The lowest BCUT2D eigenvalue weighted by atomic mass is 10.1. The van der Waals surface area contributed by atoms with Crippen LogP contribution in [0.15, 0.2) is 30.5 Å². The molecule has 1 aromatic carbocycles. The molecule has 1 aromatic heterocycles. The SMILES string of the molecule is Cc1cnc(-c2ccc(C(=O)O)cc2)[nH]1. The van der Waals surface area contributed by atoms with Crippen LogP contribution < -0.4 is 0 Å². The van der Waals surface area contributed by atoms with E-state index in [2.05, 4.69) is 9.97 Å². The molecule has 0 spiro atoms. The van der Waals surface area contributed by atoms with Gasteiger partial charge in [-0.1, -0.05) is 12.1 Å². The van der Waals surface area contributed by atoms with E-state index in [-0.39, 0.29) is 5.56 Å². The molecule has 0 amide bonds. The molecule has 0 radical (unpaired) electrons. The summed E-state index contributed by atoms with van der Waals surface area (Å²) in [5, 5.41) is 8.73. The van der Waals surface area contributed by atoms with Crippen LogP contribution in [-0.4, -0.2) is 21.0 Å². The Morgan fingerprint density at radius 1 is 1.33 bits per heavy atom. The number of nitrogens with one attached hydrogen (secondary N) is 1. The second-order valence-corrected chi connectivity index (χ2v) is 3.30. The highest BCUT2D eigenvalue weighted by Gasteiger charge is 2.04. The number of H-pyrrole nitrogens is 1. The fraction of sp³-hybridized carbons (Fsp3) is 0.0909. The predicted octanol–water partition coefficient (Wildman–Crippen LogP) is 2.08. The van der Waals surface area contributed by atoms with Gasteiger partial charge in [-0.05, 0) is 19.1 Å². The average Bonchev–Trinajstić information content (AvgIpc) is 2.65. The summed E-state index contributed by atoms with van der Waals surface area (Å²) < 4.78 is 0. The molecule has 2 N–H and O–H groups in total. The number of nitrogens with zero attached hydrogens (tertiary/aromatic N) is 1. The van der Waals surface area contributed by atoms with Crippen molar-refractivity contribution in [1.82, 2.24) is 9.97 Å². The topological polar surface area (TPSA) is 66.0 Å². The summed E-state index contributed by atoms with van der Waals surface area (Å²) in [6.45, 7) is 1.92. The smallest absolute Gasteiger partial charge is 0.335 e. The summed E-state index contributed by atoms with van der Waals surface area (Å²) in [5.41, 5.74) is 2.14. The molecule has 0 fully saturated rings. The Morgan fingerprint density at radius 2 is 2.00 bits per heavy atom. The van der Waals surface area contributed by atoms with Gasteiger partial charge in [0.2, 0.25) is 0 Å². The molecule has 15 heavy (non-hydrogen) atoms. The van der Waals surface area contributed by atoms with Crippen LogP contribution in [0.25, 0.3) is 11.4 Å². The standard InChI is InChI=1S/C11H10N2O2/c1-7-6-12-10(13-7)8-2-4-9(5-3-8)11(14)15/h2-6H,1H3,(H,12,13)(H,14,15). The number of aromatic nitrogens is 2. The zero-order valence-corrected chi connectivity index (χ0v) is 8.19. The molecule has 0 aliphatic carbocycles. The molecular weight excluding hydrogens is 192 g/mol. The molecule has 76 valence electrons. The van der Waals surface area contributed by atoms with Crippen LogP contribution in [0.2, 0.25) is 0 Å².